The Bertz CT molecular complexity index is 876. The Morgan fingerprint density at radius 1 is 1.10 bits per heavy atom. The fourth-order valence-corrected chi connectivity index (χ4v) is 2.63. The topological polar surface area (TPSA) is 46.5 Å². The van der Waals surface area contributed by atoms with Gasteiger partial charge in [-0.1, -0.05) is 23.7 Å². The highest BCUT2D eigenvalue weighted by molar-refractivity contribution is 6.32. The molecule has 0 atom stereocenters. The molecule has 0 saturated carbocycles. The zero-order chi connectivity index (χ0) is 14.2. The van der Waals surface area contributed by atoms with Crippen LogP contribution in [0.15, 0.2) is 61.2 Å². The number of fused-ring (bicyclic) bond motifs is 1. The molecule has 0 bridgehead atoms. The van der Waals surface area contributed by atoms with Gasteiger partial charge >= 0.3 is 0 Å². The van der Waals surface area contributed by atoms with Gasteiger partial charge in [-0.3, -0.25) is 0 Å². The summed E-state index contributed by atoms with van der Waals surface area (Å²) in [6, 6.07) is 13.8. The Balaban J connectivity index is 1.80. The zero-order valence-electron chi connectivity index (χ0n) is 11.0. The monoisotopic (exact) mass is 294 g/mol. The highest BCUT2D eigenvalue weighted by atomic mass is 35.5. The molecule has 2 aromatic carbocycles. The van der Waals surface area contributed by atoms with Crippen LogP contribution in [0.4, 0.5) is 0 Å². The molecule has 0 unspecified atom stereocenters. The Morgan fingerprint density at radius 3 is 2.76 bits per heavy atom. The molecular weight excluding hydrogens is 284 g/mol. The third kappa shape index (κ3) is 2.10. The van der Waals surface area contributed by atoms with Crippen molar-refractivity contribution in [2.45, 2.75) is 0 Å². The van der Waals surface area contributed by atoms with Gasteiger partial charge in [-0.05, 0) is 30.3 Å². The molecule has 0 saturated heterocycles. The molecule has 0 aliphatic carbocycles. The summed E-state index contributed by atoms with van der Waals surface area (Å²) < 4.78 is 1.88. The number of aromatic nitrogens is 4. The number of H-pyrrole nitrogens is 1. The molecule has 0 aliphatic heterocycles. The van der Waals surface area contributed by atoms with Gasteiger partial charge in [0, 0.05) is 18.0 Å². The molecule has 102 valence electrons. The van der Waals surface area contributed by atoms with Crippen LogP contribution in [-0.2, 0) is 0 Å². The van der Waals surface area contributed by atoms with Crippen molar-refractivity contribution in [2.24, 2.45) is 0 Å². The zero-order valence-corrected chi connectivity index (χ0v) is 11.7. The fourth-order valence-electron chi connectivity index (χ4n) is 2.35. The highest BCUT2D eigenvalue weighted by Gasteiger charge is 2.08. The van der Waals surface area contributed by atoms with Gasteiger partial charge < -0.3 is 9.55 Å². The third-order valence-electron chi connectivity index (χ3n) is 3.39. The minimum Gasteiger partial charge on any atom is -0.338 e. The molecule has 4 rings (SSSR count). The maximum atomic E-state index is 6.38. The molecular formula is C16H11ClN4. The predicted molar refractivity (Wildman–Crippen MR) is 83.7 cm³/mol. The number of aromatic amines is 1. The lowest BCUT2D eigenvalue weighted by Crippen LogP contribution is -1.92. The van der Waals surface area contributed by atoms with Gasteiger partial charge in [-0.25, -0.2) is 9.97 Å². The van der Waals surface area contributed by atoms with E-state index < -0.39 is 0 Å². The van der Waals surface area contributed by atoms with Crippen molar-refractivity contribution in [3.05, 3.63) is 66.2 Å². The molecule has 2 aromatic heterocycles. The smallest absolute Gasteiger partial charge is 0.138 e. The summed E-state index contributed by atoms with van der Waals surface area (Å²) in [6.07, 6.45) is 5.31. The van der Waals surface area contributed by atoms with Crippen LogP contribution in [0, 0.1) is 0 Å². The van der Waals surface area contributed by atoms with Crippen LogP contribution < -0.4 is 0 Å². The summed E-state index contributed by atoms with van der Waals surface area (Å²) in [6.45, 7) is 0. The molecule has 0 spiro atoms. The van der Waals surface area contributed by atoms with Crippen LogP contribution in [0.2, 0.25) is 5.02 Å². The number of nitrogens with one attached hydrogen (secondary N) is 1. The van der Waals surface area contributed by atoms with E-state index in [9.17, 15) is 0 Å². The largest absolute Gasteiger partial charge is 0.338 e. The minimum absolute atomic E-state index is 0.658. The number of nitrogens with zero attached hydrogens (tertiary/aromatic N) is 3. The second-order valence-corrected chi connectivity index (χ2v) is 5.15. The molecule has 4 nitrogen and oxygen atoms in total. The quantitative estimate of drug-likeness (QED) is 0.606. The standard InChI is InChI=1S/C16H11ClN4/c17-12-9-11(5-6-15(12)21-8-7-18-10-21)16-19-13-3-1-2-4-14(13)20-16/h1-10H,(H,19,20). The molecule has 5 heteroatoms. The maximum absolute atomic E-state index is 6.38. The number of benzene rings is 2. The van der Waals surface area contributed by atoms with E-state index in [4.69, 9.17) is 11.6 Å². The number of halogens is 1. The molecule has 4 aromatic rings. The molecule has 0 fully saturated rings. The summed E-state index contributed by atoms with van der Waals surface area (Å²) in [7, 11) is 0. The molecule has 0 radical (unpaired) electrons. The first-order valence-corrected chi connectivity index (χ1v) is 6.92. The second-order valence-electron chi connectivity index (χ2n) is 4.74. The lowest BCUT2D eigenvalue weighted by Gasteiger charge is -2.06. The average Bonchev–Trinajstić information content (AvgIpc) is 3.16. The van der Waals surface area contributed by atoms with E-state index in [2.05, 4.69) is 15.0 Å². The van der Waals surface area contributed by atoms with Gasteiger partial charge in [0.2, 0.25) is 0 Å². The van der Waals surface area contributed by atoms with Gasteiger partial charge in [-0.2, -0.15) is 0 Å². The van der Waals surface area contributed by atoms with E-state index >= 15 is 0 Å². The minimum atomic E-state index is 0.658. The van der Waals surface area contributed by atoms with E-state index in [1.807, 2.05) is 53.2 Å². The Kier molecular flexibility index (Phi) is 2.75. The molecule has 0 amide bonds. The van der Waals surface area contributed by atoms with Crippen molar-refractivity contribution in [3.63, 3.8) is 0 Å². The first kappa shape index (κ1) is 12.2. The number of hydrogen-bond donors (Lipinski definition) is 1. The van der Waals surface area contributed by atoms with E-state index in [0.717, 1.165) is 28.1 Å². The van der Waals surface area contributed by atoms with Crippen LogP contribution in [0.25, 0.3) is 28.1 Å². The normalized spacial score (nSPS) is 11.1. The van der Waals surface area contributed by atoms with Crippen LogP contribution in [-0.4, -0.2) is 19.5 Å². The van der Waals surface area contributed by atoms with Crippen molar-refractivity contribution in [1.29, 1.82) is 0 Å². The summed E-state index contributed by atoms with van der Waals surface area (Å²) >= 11 is 6.38. The summed E-state index contributed by atoms with van der Waals surface area (Å²) in [5.41, 5.74) is 3.82. The SMILES string of the molecule is Clc1cc(-c2nc3ccccc3[nH]2)ccc1-n1ccnc1. The lowest BCUT2D eigenvalue weighted by atomic mass is 10.2. The van der Waals surface area contributed by atoms with Crippen molar-refractivity contribution in [1.82, 2.24) is 19.5 Å². The molecule has 0 aliphatic rings. The van der Waals surface area contributed by atoms with E-state index in [1.54, 1.807) is 12.5 Å². The Morgan fingerprint density at radius 2 is 2.00 bits per heavy atom. The average molecular weight is 295 g/mol. The van der Waals surface area contributed by atoms with Crippen LogP contribution in [0.3, 0.4) is 0 Å². The maximum Gasteiger partial charge on any atom is 0.138 e. The fraction of sp³-hybridized carbons (Fsp3) is 0. The van der Waals surface area contributed by atoms with E-state index in [0.29, 0.717) is 5.02 Å². The highest BCUT2D eigenvalue weighted by Crippen LogP contribution is 2.27. The molecule has 2 heterocycles. The summed E-state index contributed by atoms with van der Waals surface area (Å²) in [5.74, 6) is 0.815. The Hall–Kier alpha value is -2.59. The molecule has 1 N–H and O–H groups in total. The number of imidazole rings is 2. The second kappa shape index (κ2) is 4.75. The van der Waals surface area contributed by atoms with Crippen molar-refractivity contribution in [3.8, 4) is 17.1 Å². The van der Waals surface area contributed by atoms with Gasteiger partial charge in [0.25, 0.3) is 0 Å². The van der Waals surface area contributed by atoms with Crippen LogP contribution >= 0.6 is 11.6 Å². The Labute approximate surface area is 126 Å². The van der Waals surface area contributed by atoms with Crippen molar-refractivity contribution < 1.29 is 0 Å². The van der Waals surface area contributed by atoms with Gasteiger partial charge in [0.05, 0.1) is 28.1 Å². The number of para-hydroxylation sites is 2. The van der Waals surface area contributed by atoms with Gasteiger partial charge in [-0.15, -0.1) is 0 Å². The first-order valence-electron chi connectivity index (χ1n) is 6.54. The number of hydrogen-bond acceptors (Lipinski definition) is 2. The molecule has 21 heavy (non-hydrogen) atoms. The van der Waals surface area contributed by atoms with Crippen molar-refractivity contribution >= 4 is 22.6 Å². The van der Waals surface area contributed by atoms with Crippen molar-refractivity contribution in [2.75, 3.05) is 0 Å². The van der Waals surface area contributed by atoms with E-state index in [1.165, 1.54) is 0 Å². The lowest BCUT2D eigenvalue weighted by molar-refractivity contribution is 1.06. The van der Waals surface area contributed by atoms with Gasteiger partial charge in [0.1, 0.15) is 5.82 Å². The predicted octanol–water partition coefficient (Wildman–Crippen LogP) is 4.07. The van der Waals surface area contributed by atoms with Crippen LogP contribution in [0.5, 0.6) is 0 Å². The summed E-state index contributed by atoms with van der Waals surface area (Å²) in [4.78, 5) is 11.9. The summed E-state index contributed by atoms with van der Waals surface area (Å²) in [5, 5.41) is 0.658. The van der Waals surface area contributed by atoms with Gasteiger partial charge in [0.15, 0.2) is 0 Å². The third-order valence-corrected chi connectivity index (χ3v) is 3.70. The van der Waals surface area contributed by atoms with E-state index in [-0.39, 0.29) is 0 Å². The number of rotatable bonds is 2. The first-order chi connectivity index (χ1) is 10.3. The van der Waals surface area contributed by atoms with Crippen LogP contribution in [0.1, 0.15) is 0 Å².